The predicted molar refractivity (Wildman–Crippen MR) is 93.7 cm³/mol. The molecule has 5 heteroatoms. The van der Waals surface area contributed by atoms with E-state index in [0.29, 0.717) is 12.3 Å². The highest BCUT2D eigenvalue weighted by Crippen LogP contribution is 2.28. The van der Waals surface area contributed by atoms with Crippen LogP contribution in [0.1, 0.15) is 27.9 Å². The van der Waals surface area contributed by atoms with Crippen molar-refractivity contribution in [3.05, 3.63) is 53.1 Å². The zero-order valence-electron chi connectivity index (χ0n) is 14.0. The standard InChI is InChI=1S/C19H22N2O3/c1-21(12-13-8-9-17(22)18(11-13)24-2)19(23)15-5-3-7-16-14(15)6-4-10-20-16/h3,5,7-9,11,20,22H,4,6,10,12H2,1-2H3. The van der Waals surface area contributed by atoms with Crippen LogP contribution in [0.3, 0.4) is 0 Å². The molecule has 1 aliphatic rings. The number of nitrogens with zero attached hydrogens (tertiary/aromatic N) is 1. The second kappa shape index (κ2) is 6.83. The molecule has 1 aliphatic heterocycles. The Balaban J connectivity index is 1.80. The number of nitrogens with one attached hydrogen (secondary N) is 1. The lowest BCUT2D eigenvalue weighted by molar-refractivity contribution is 0.0784. The van der Waals surface area contributed by atoms with E-state index >= 15 is 0 Å². The second-order valence-electron chi connectivity index (χ2n) is 6.03. The van der Waals surface area contributed by atoms with E-state index in [0.717, 1.165) is 41.8 Å². The molecule has 0 bridgehead atoms. The maximum atomic E-state index is 12.9. The van der Waals surface area contributed by atoms with Crippen LogP contribution in [-0.4, -0.2) is 36.6 Å². The summed E-state index contributed by atoms with van der Waals surface area (Å²) >= 11 is 0. The van der Waals surface area contributed by atoms with Crippen molar-refractivity contribution in [1.29, 1.82) is 0 Å². The number of amides is 1. The molecule has 0 saturated heterocycles. The molecule has 1 amide bonds. The number of carbonyl (C=O) groups is 1. The topological polar surface area (TPSA) is 61.8 Å². The van der Waals surface area contributed by atoms with Crippen LogP contribution in [-0.2, 0) is 13.0 Å². The van der Waals surface area contributed by atoms with Gasteiger partial charge in [-0.15, -0.1) is 0 Å². The summed E-state index contributed by atoms with van der Waals surface area (Å²) in [5, 5.41) is 13.0. The first kappa shape index (κ1) is 16.2. The van der Waals surface area contributed by atoms with E-state index in [1.807, 2.05) is 18.2 Å². The first-order valence-corrected chi connectivity index (χ1v) is 8.07. The Labute approximate surface area is 141 Å². The molecule has 3 rings (SSSR count). The van der Waals surface area contributed by atoms with Gasteiger partial charge < -0.3 is 20.1 Å². The minimum atomic E-state index is 0.00240. The van der Waals surface area contributed by atoms with Crippen LogP contribution < -0.4 is 10.1 Å². The maximum Gasteiger partial charge on any atom is 0.254 e. The van der Waals surface area contributed by atoms with Gasteiger partial charge in [-0.2, -0.15) is 0 Å². The summed E-state index contributed by atoms with van der Waals surface area (Å²) in [5.41, 5.74) is 3.83. The normalized spacial score (nSPS) is 12.9. The van der Waals surface area contributed by atoms with E-state index in [-0.39, 0.29) is 11.7 Å². The number of anilines is 1. The molecule has 0 spiro atoms. The fourth-order valence-electron chi connectivity index (χ4n) is 3.08. The number of hydrogen-bond donors (Lipinski definition) is 2. The minimum Gasteiger partial charge on any atom is -0.504 e. The van der Waals surface area contributed by atoms with Crippen LogP contribution in [0.15, 0.2) is 36.4 Å². The van der Waals surface area contributed by atoms with Crippen LogP contribution in [0.25, 0.3) is 0 Å². The van der Waals surface area contributed by atoms with Crippen molar-refractivity contribution in [3.8, 4) is 11.5 Å². The van der Waals surface area contributed by atoms with Gasteiger partial charge in [-0.1, -0.05) is 12.1 Å². The summed E-state index contributed by atoms with van der Waals surface area (Å²) in [6, 6.07) is 11.0. The highest BCUT2D eigenvalue weighted by Gasteiger charge is 2.20. The van der Waals surface area contributed by atoms with Crippen LogP contribution in [0, 0.1) is 0 Å². The number of fused-ring (bicyclic) bond motifs is 1. The lowest BCUT2D eigenvalue weighted by Gasteiger charge is -2.24. The molecule has 126 valence electrons. The van der Waals surface area contributed by atoms with Crippen LogP contribution in [0.4, 0.5) is 5.69 Å². The summed E-state index contributed by atoms with van der Waals surface area (Å²) in [6.07, 6.45) is 1.96. The predicted octanol–water partition coefficient (Wildman–Crippen LogP) is 3.03. The van der Waals surface area contributed by atoms with Crippen molar-refractivity contribution < 1.29 is 14.6 Å². The Hall–Kier alpha value is -2.69. The molecule has 2 aromatic carbocycles. The molecule has 0 aliphatic carbocycles. The molecule has 5 nitrogen and oxygen atoms in total. The lowest BCUT2D eigenvalue weighted by atomic mass is 9.97. The third kappa shape index (κ3) is 3.15. The number of phenols is 1. The monoisotopic (exact) mass is 326 g/mol. The first-order valence-electron chi connectivity index (χ1n) is 8.07. The highest BCUT2D eigenvalue weighted by atomic mass is 16.5. The molecule has 0 radical (unpaired) electrons. The fraction of sp³-hybridized carbons (Fsp3) is 0.316. The zero-order valence-corrected chi connectivity index (χ0v) is 14.0. The highest BCUT2D eigenvalue weighted by molar-refractivity contribution is 5.97. The number of aromatic hydroxyl groups is 1. The van der Waals surface area contributed by atoms with Gasteiger partial charge in [0.25, 0.3) is 5.91 Å². The molecule has 1 heterocycles. The number of rotatable bonds is 4. The molecular formula is C19H22N2O3. The van der Waals surface area contributed by atoms with E-state index in [2.05, 4.69) is 5.32 Å². The molecule has 2 N–H and O–H groups in total. The third-order valence-electron chi connectivity index (χ3n) is 4.34. The van der Waals surface area contributed by atoms with Gasteiger partial charge in [-0.3, -0.25) is 4.79 Å². The smallest absolute Gasteiger partial charge is 0.254 e. The Morgan fingerprint density at radius 3 is 2.96 bits per heavy atom. The number of ether oxygens (including phenoxy) is 1. The van der Waals surface area contributed by atoms with E-state index in [1.54, 1.807) is 30.1 Å². The number of benzene rings is 2. The Kier molecular flexibility index (Phi) is 4.60. The Morgan fingerprint density at radius 1 is 1.33 bits per heavy atom. The van der Waals surface area contributed by atoms with Crippen molar-refractivity contribution >= 4 is 11.6 Å². The van der Waals surface area contributed by atoms with Gasteiger partial charge in [0.2, 0.25) is 0 Å². The Morgan fingerprint density at radius 2 is 2.17 bits per heavy atom. The van der Waals surface area contributed by atoms with Gasteiger partial charge in [0.15, 0.2) is 11.5 Å². The SMILES string of the molecule is COc1cc(CN(C)C(=O)c2cccc3c2CCCN3)ccc1O. The van der Waals surface area contributed by atoms with E-state index in [4.69, 9.17) is 4.74 Å². The molecule has 0 atom stereocenters. The summed E-state index contributed by atoms with van der Waals surface area (Å²) in [6.45, 7) is 1.40. The quantitative estimate of drug-likeness (QED) is 0.906. The fourth-order valence-corrected chi connectivity index (χ4v) is 3.08. The van der Waals surface area contributed by atoms with Crippen molar-refractivity contribution in [3.63, 3.8) is 0 Å². The zero-order chi connectivity index (χ0) is 17.1. The average Bonchev–Trinajstić information content (AvgIpc) is 2.62. The van der Waals surface area contributed by atoms with E-state index in [9.17, 15) is 9.90 Å². The van der Waals surface area contributed by atoms with Gasteiger partial charge in [-0.25, -0.2) is 0 Å². The van der Waals surface area contributed by atoms with Gasteiger partial charge in [0.1, 0.15) is 0 Å². The minimum absolute atomic E-state index is 0.00240. The molecule has 0 unspecified atom stereocenters. The largest absolute Gasteiger partial charge is 0.504 e. The number of carbonyl (C=O) groups excluding carboxylic acids is 1. The average molecular weight is 326 g/mol. The molecule has 2 aromatic rings. The Bertz CT molecular complexity index is 758. The summed E-state index contributed by atoms with van der Waals surface area (Å²) in [7, 11) is 3.30. The molecule has 24 heavy (non-hydrogen) atoms. The second-order valence-corrected chi connectivity index (χ2v) is 6.03. The molecule has 0 aromatic heterocycles. The summed E-state index contributed by atoms with van der Waals surface area (Å²) < 4.78 is 5.13. The number of hydrogen-bond acceptors (Lipinski definition) is 4. The summed E-state index contributed by atoms with van der Waals surface area (Å²) in [4.78, 5) is 14.6. The van der Waals surface area contributed by atoms with Crippen molar-refractivity contribution in [2.45, 2.75) is 19.4 Å². The van der Waals surface area contributed by atoms with Crippen molar-refractivity contribution in [2.75, 3.05) is 26.0 Å². The van der Waals surface area contributed by atoms with Crippen molar-refractivity contribution in [1.82, 2.24) is 4.90 Å². The van der Waals surface area contributed by atoms with E-state index < -0.39 is 0 Å². The molecular weight excluding hydrogens is 304 g/mol. The lowest BCUT2D eigenvalue weighted by Crippen LogP contribution is -2.28. The van der Waals surface area contributed by atoms with Crippen LogP contribution in [0.2, 0.25) is 0 Å². The molecule has 0 saturated carbocycles. The molecule has 0 fully saturated rings. The van der Waals surface area contributed by atoms with Gasteiger partial charge in [-0.05, 0) is 48.2 Å². The van der Waals surface area contributed by atoms with Crippen LogP contribution >= 0.6 is 0 Å². The van der Waals surface area contributed by atoms with Gasteiger partial charge in [0, 0.05) is 31.4 Å². The number of methoxy groups -OCH3 is 1. The summed E-state index contributed by atoms with van der Waals surface area (Å²) in [5.74, 6) is 0.510. The van der Waals surface area contributed by atoms with E-state index in [1.165, 1.54) is 7.11 Å². The van der Waals surface area contributed by atoms with Gasteiger partial charge in [0.05, 0.1) is 7.11 Å². The maximum absolute atomic E-state index is 12.9. The van der Waals surface area contributed by atoms with Gasteiger partial charge >= 0.3 is 0 Å². The first-order chi connectivity index (χ1) is 11.6. The van der Waals surface area contributed by atoms with Crippen LogP contribution in [0.5, 0.6) is 11.5 Å². The third-order valence-corrected chi connectivity index (χ3v) is 4.34. The number of phenolic OH excluding ortho intramolecular Hbond substituents is 1. The van der Waals surface area contributed by atoms with Crippen molar-refractivity contribution in [2.24, 2.45) is 0 Å².